The zero-order chi connectivity index (χ0) is 19.9. The van der Waals surface area contributed by atoms with Gasteiger partial charge in [0.05, 0.1) is 23.2 Å². The van der Waals surface area contributed by atoms with E-state index in [4.69, 9.17) is 0 Å². The average Bonchev–Trinajstić information content (AvgIpc) is 3.10. The zero-order valence-corrected chi connectivity index (χ0v) is 17.0. The predicted octanol–water partition coefficient (Wildman–Crippen LogP) is 3.78. The number of hydrogen-bond donors (Lipinski definition) is 1. The van der Waals surface area contributed by atoms with Gasteiger partial charge in [-0.05, 0) is 24.1 Å². The Morgan fingerprint density at radius 1 is 1.11 bits per heavy atom. The number of amides is 2. The van der Waals surface area contributed by atoms with Gasteiger partial charge < -0.3 is 10.2 Å². The van der Waals surface area contributed by atoms with E-state index in [1.165, 1.54) is 0 Å². The lowest BCUT2D eigenvalue weighted by Gasteiger charge is -2.24. The minimum Gasteiger partial charge on any atom is -0.344 e. The normalized spacial score (nSPS) is 11.9. The molecule has 5 nitrogen and oxygen atoms in total. The van der Waals surface area contributed by atoms with E-state index in [9.17, 15) is 9.59 Å². The highest BCUT2D eigenvalue weighted by molar-refractivity contribution is 7.18. The Labute approximate surface area is 169 Å². The Kier molecular flexibility index (Phi) is 6.76. The number of aromatic nitrogens is 1. The Balaban J connectivity index is 1.63. The van der Waals surface area contributed by atoms with E-state index < -0.39 is 6.04 Å². The highest BCUT2D eigenvalue weighted by Gasteiger charge is 2.24. The molecule has 28 heavy (non-hydrogen) atoms. The monoisotopic (exact) mass is 395 g/mol. The molecular formula is C22H25N3O2S. The van der Waals surface area contributed by atoms with E-state index in [2.05, 4.69) is 10.3 Å². The second kappa shape index (κ2) is 9.46. The van der Waals surface area contributed by atoms with Crippen LogP contribution in [0.1, 0.15) is 30.3 Å². The number of benzene rings is 2. The molecule has 0 aliphatic carbocycles. The standard InChI is InChI=1S/C22H25N3O2S/c1-3-9-18(23-20(26)14-16-10-5-4-6-11-16)22(27)25(2)15-21-24-17-12-7-8-13-19(17)28-21/h4-8,10-13,18H,3,9,14-15H2,1-2H3,(H,23,26)/t18-/m1/s1. The summed E-state index contributed by atoms with van der Waals surface area (Å²) in [6.45, 7) is 2.45. The highest BCUT2D eigenvalue weighted by Crippen LogP contribution is 2.22. The predicted molar refractivity (Wildman–Crippen MR) is 113 cm³/mol. The van der Waals surface area contributed by atoms with Crippen LogP contribution in [0.25, 0.3) is 10.2 Å². The van der Waals surface area contributed by atoms with Crippen LogP contribution in [0.3, 0.4) is 0 Å². The lowest BCUT2D eigenvalue weighted by atomic mass is 10.1. The SMILES string of the molecule is CCC[C@@H](NC(=O)Cc1ccccc1)C(=O)N(C)Cc1nc2ccccc2s1. The Morgan fingerprint density at radius 3 is 2.54 bits per heavy atom. The number of nitrogens with one attached hydrogen (secondary N) is 1. The Morgan fingerprint density at radius 2 is 1.82 bits per heavy atom. The first-order valence-electron chi connectivity index (χ1n) is 9.49. The van der Waals surface area contributed by atoms with Crippen molar-refractivity contribution in [1.29, 1.82) is 0 Å². The van der Waals surface area contributed by atoms with Crippen LogP contribution in [-0.2, 0) is 22.6 Å². The summed E-state index contributed by atoms with van der Waals surface area (Å²) in [5, 5.41) is 3.80. The minimum absolute atomic E-state index is 0.0810. The van der Waals surface area contributed by atoms with Gasteiger partial charge in [-0.15, -0.1) is 11.3 Å². The summed E-state index contributed by atoms with van der Waals surface area (Å²) in [4.78, 5) is 31.6. The lowest BCUT2D eigenvalue weighted by molar-refractivity contribution is -0.135. The van der Waals surface area contributed by atoms with Gasteiger partial charge in [0.2, 0.25) is 11.8 Å². The van der Waals surface area contributed by atoms with Gasteiger partial charge in [0.25, 0.3) is 0 Å². The van der Waals surface area contributed by atoms with E-state index in [0.29, 0.717) is 13.0 Å². The van der Waals surface area contributed by atoms with Crippen LogP contribution < -0.4 is 5.32 Å². The van der Waals surface area contributed by atoms with Crippen molar-refractivity contribution >= 4 is 33.4 Å². The van der Waals surface area contributed by atoms with Gasteiger partial charge in [-0.2, -0.15) is 0 Å². The van der Waals surface area contributed by atoms with Gasteiger partial charge >= 0.3 is 0 Å². The second-order valence-electron chi connectivity index (χ2n) is 6.84. The molecule has 146 valence electrons. The Hall–Kier alpha value is -2.73. The zero-order valence-electron chi connectivity index (χ0n) is 16.2. The number of rotatable bonds is 8. The molecule has 3 aromatic rings. The molecule has 1 heterocycles. The second-order valence-corrected chi connectivity index (χ2v) is 7.96. The number of carbonyl (C=O) groups excluding carboxylic acids is 2. The molecule has 0 radical (unpaired) electrons. The fourth-order valence-electron chi connectivity index (χ4n) is 3.11. The fraction of sp³-hybridized carbons (Fsp3) is 0.318. The molecule has 0 spiro atoms. The largest absolute Gasteiger partial charge is 0.344 e. The maximum atomic E-state index is 12.9. The van der Waals surface area contributed by atoms with Crippen LogP contribution in [0.15, 0.2) is 54.6 Å². The van der Waals surface area contributed by atoms with Crippen LogP contribution in [0.5, 0.6) is 0 Å². The lowest BCUT2D eigenvalue weighted by Crippen LogP contribution is -2.47. The summed E-state index contributed by atoms with van der Waals surface area (Å²) in [5.41, 5.74) is 1.88. The van der Waals surface area contributed by atoms with Crippen molar-refractivity contribution in [2.75, 3.05) is 7.05 Å². The third kappa shape index (κ3) is 5.16. The van der Waals surface area contributed by atoms with E-state index in [1.54, 1.807) is 23.3 Å². The van der Waals surface area contributed by atoms with Gasteiger partial charge in [0.1, 0.15) is 11.0 Å². The van der Waals surface area contributed by atoms with E-state index in [-0.39, 0.29) is 18.2 Å². The van der Waals surface area contributed by atoms with Gasteiger partial charge in [-0.1, -0.05) is 55.8 Å². The first kappa shape index (κ1) is 20.0. The molecule has 0 saturated heterocycles. The maximum Gasteiger partial charge on any atom is 0.245 e. The van der Waals surface area contributed by atoms with Crippen molar-refractivity contribution in [3.63, 3.8) is 0 Å². The third-order valence-electron chi connectivity index (χ3n) is 4.51. The summed E-state index contributed by atoms with van der Waals surface area (Å²) in [6.07, 6.45) is 1.70. The molecule has 1 atom stereocenters. The highest BCUT2D eigenvalue weighted by atomic mass is 32.1. The average molecular weight is 396 g/mol. The molecule has 0 fully saturated rings. The van der Waals surface area contributed by atoms with Gasteiger partial charge in [-0.25, -0.2) is 4.98 Å². The number of carbonyl (C=O) groups is 2. The molecular weight excluding hydrogens is 370 g/mol. The first-order chi connectivity index (χ1) is 13.6. The number of nitrogens with zero attached hydrogens (tertiary/aromatic N) is 2. The third-order valence-corrected chi connectivity index (χ3v) is 5.53. The molecule has 0 unspecified atom stereocenters. The topological polar surface area (TPSA) is 62.3 Å². The van der Waals surface area contributed by atoms with Crippen LogP contribution in [0.4, 0.5) is 0 Å². The van der Waals surface area contributed by atoms with Crippen molar-refractivity contribution in [3.8, 4) is 0 Å². The van der Waals surface area contributed by atoms with Crippen molar-refractivity contribution < 1.29 is 9.59 Å². The molecule has 2 aromatic carbocycles. The summed E-state index contributed by atoms with van der Waals surface area (Å²) >= 11 is 1.59. The van der Waals surface area contributed by atoms with Crippen molar-refractivity contribution in [3.05, 3.63) is 65.2 Å². The van der Waals surface area contributed by atoms with Gasteiger partial charge in [-0.3, -0.25) is 9.59 Å². The summed E-state index contributed by atoms with van der Waals surface area (Å²) < 4.78 is 1.11. The van der Waals surface area contributed by atoms with Crippen molar-refractivity contribution in [1.82, 2.24) is 15.2 Å². The number of fused-ring (bicyclic) bond motifs is 1. The molecule has 2 amide bonds. The maximum absolute atomic E-state index is 12.9. The molecule has 0 saturated carbocycles. The van der Waals surface area contributed by atoms with Crippen molar-refractivity contribution in [2.24, 2.45) is 0 Å². The molecule has 1 aromatic heterocycles. The van der Waals surface area contributed by atoms with Gasteiger partial charge in [0, 0.05) is 7.05 Å². The molecule has 1 N–H and O–H groups in total. The van der Waals surface area contributed by atoms with Crippen LogP contribution in [0.2, 0.25) is 0 Å². The molecule has 3 rings (SSSR count). The fourth-order valence-corrected chi connectivity index (χ4v) is 4.13. The molecule has 6 heteroatoms. The minimum atomic E-state index is -0.513. The number of para-hydroxylation sites is 1. The van der Waals surface area contributed by atoms with Crippen LogP contribution in [0, 0.1) is 0 Å². The molecule has 0 aliphatic rings. The van der Waals surface area contributed by atoms with E-state index >= 15 is 0 Å². The smallest absolute Gasteiger partial charge is 0.245 e. The summed E-state index contributed by atoms with van der Waals surface area (Å²) in [6, 6.07) is 17.0. The summed E-state index contributed by atoms with van der Waals surface area (Å²) in [5.74, 6) is -0.214. The molecule has 0 bridgehead atoms. The quantitative estimate of drug-likeness (QED) is 0.631. The number of likely N-dealkylation sites (N-methyl/N-ethyl adjacent to an activating group) is 1. The number of thiazole rings is 1. The van der Waals surface area contributed by atoms with Crippen molar-refractivity contribution in [2.45, 2.75) is 38.8 Å². The van der Waals surface area contributed by atoms with Crippen LogP contribution >= 0.6 is 11.3 Å². The summed E-state index contributed by atoms with van der Waals surface area (Å²) in [7, 11) is 1.76. The number of hydrogen-bond acceptors (Lipinski definition) is 4. The Bertz CT molecular complexity index is 906. The van der Waals surface area contributed by atoms with Crippen LogP contribution in [-0.4, -0.2) is 34.8 Å². The van der Waals surface area contributed by atoms with Gasteiger partial charge in [0.15, 0.2) is 0 Å². The molecule has 0 aliphatic heterocycles. The van der Waals surface area contributed by atoms with E-state index in [1.807, 2.05) is 61.5 Å². The van der Waals surface area contributed by atoms with E-state index in [0.717, 1.165) is 27.2 Å². The first-order valence-corrected chi connectivity index (χ1v) is 10.3.